The molecule has 4 heterocycles. The quantitative estimate of drug-likeness (QED) is 0.258. The van der Waals surface area contributed by atoms with E-state index in [0.717, 1.165) is 25.7 Å². The largest absolute Gasteiger partial charge is 0.387 e. The molecule has 2 aromatic rings. The van der Waals surface area contributed by atoms with Crippen LogP contribution in [0.1, 0.15) is 31.9 Å². The van der Waals surface area contributed by atoms with Crippen LogP contribution in [0.4, 0.5) is 5.82 Å². The van der Waals surface area contributed by atoms with E-state index in [4.69, 9.17) is 25.8 Å². The molecular formula is C18H25ClN5O8P. The number of nitrogens with zero attached hydrogens (tertiary/aromatic N) is 4. The highest BCUT2D eigenvalue weighted by molar-refractivity contribution is 7.53. The van der Waals surface area contributed by atoms with Gasteiger partial charge in [0.05, 0.1) is 31.4 Å². The standard InChI is InChI=1S/C18H25ClN5O8P/c19-17-22-14(21-9-3-1-2-4-9)10-5-20-24(15(10)23-17)16-13(26)12(25)11(32-16)6-31-18(7-30-8-18)33(27,28)29/h5,9,11-13,16,25-26H,1-4,6-8H2,(H,21,22,23)(H2,27,28,29)/t11-,12-,13-,16-/m1/s1. The maximum atomic E-state index is 11.8. The molecule has 5 rings (SSSR count). The van der Waals surface area contributed by atoms with Gasteiger partial charge in [0.15, 0.2) is 11.9 Å². The van der Waals surface area contributed by atoms with E-state index in [1.165, 1.54) is 10.9 Å². The van der Waals surface area contributed by atoms with Crippen molar-refractivity contribution in [2.75, 3.05) is 25.1 Å². The maximum absolute atomic E-state index is 11.8. The van der Waals surface area contributed by atoms with E-state index in [2.05, 4.69) is 20.4 Å². The molecule has 1 saturated carbocycles. The monoisotopic (exact) mass is 505 g/mol. The highest BCUT2D eigenvalue weighted by Crippen LogP contribution is 2.55. The van der Waals surface area contributed by atoms with Crippen molar-refractivity contribution in [1.82, 2.24) is 19.7 Å². The van der Waals surface area contributed by atoms with Crippen molar-refractivity contribution in [3.8, 4) is 0 Å². The number of halogens is 1. The van der Waals surface area contributed by atoms with E-state index in [1.807, 2.05) is 0 Å². The average molecular weight is 506 g/mol. The number of fused-ring (bicyclic) bond motifs is 1. The van der Waals surface area contributed by atoms with Crippen LogP contribution in [0.2, 0.25) is 5.28 Å². The predicted molar refractivity (Wildman–Crippen MR) is 114 cm³/mol. The first kappa shape index (κ1) is 23.3. The first-order valence-corrected chi connectivity index (χ1v) is 12.6. The van der Waals surface area contributed by atoms with Crippen LogP contribution in [-0.2, 0) is 18.8 Å². The van der Waals surface area contributed by atoms with Gasteiger partial charge in [0, 0.05) is 6.04 Å². The Hall–Kier alpha value is -1.41. The summed E-state index contributed by atoms with van der Waals surface area (Å²) < 4.78 is 29.2. The molecule has 182 valence electrons. The summed E-state index contributed by atoms with van der Waals surface area (Å²) in [7, 11) is -4.62. The summed E-state index contributed by atoms with van der Waals surface area (Å²) in [6.07, 6.45) is 0.872. The van der Waals surface area contributed by atoms with Crippen LogP contribution in [0.15, 0.2) is 6.20 Å². The summed E-state index contributed by atoms with van der Waals surface area (Å²) in [5, 5.41) is 27.6. The minimum absolute atomic E-state index is 0.00812. The van der Waals surface area contributed by atoms with Crippen LogP contribution >= 0.6 is 19.2 Å². The number of aliphatic hydroxyl groups excluding tert-OH is 2. The highest BCUT2D eigenvalue weighted by atomic mass is 35.5. The zero-order valence-corrected chi connectivity index (χ0v) is 19.1. The maximum Gasteiger partial charge on any atom is 0.361 e. The summed E-state index contributed by atoms with van der Waals surface area (Å²) in [5.41, 5.74) is 0.312. The van der Waals surface area contributed by atoms with Crippen molar-refractivity contribution >= 4 is 36.0 Å². The number of hydrogen-bond donors (Lipinski definition) is 5. The predicted octanol–water partition coefficient (Wildman–Crippen LogP) is 0.374. The van der Waals surface area contributed by atoms with Crippen LogP contribution in [0.5, 0.6) is 0 Å². The Kier molecular flexibility index (Phi) is 6.13. The molecular weight excluding hydrogens is 481 g/mol. The van der Waals surface area contributed by atoms with Crippen molar-refractivity contribution < 1.29 is 38.8 Å². The van der Waals surface area contributed by atoms with Crippen molar-refractivity contribution in [2.45, 2.75) is 61.6 Å². The van der Waals surface area contributed by atoms with Crippen molar-refractivity contribution in [3.05, 3.63) is 11.5 Å². The Morgan fingerprint density at radius 1 is 1.24 bits per heavy atom. The molecule has 5 N–H and O–H groups in total. The smallest absolute Gasteiger partial charge is 0.361 e. The zero-order chi connectivity index (χ0) is 23.4. The second kappa shape index (κ2) is 8.67. The van der Waals surface area contributed by atoms with E-state index >= 15 is 0 Å². The Morgan fingerprint density at radius 3 is 2.61 bits per heavy atom. The third-order valence-electron chi connectivity index (χ3n) is 6.40. The minimum Gasteiger partial charge on any atom is -0.387 e. The molecule has 2 aliphatic heterocycles. The summed E-state index contributed by atoms with van der Waals surface area (Å²) in [6, 6.07) is 0.274. The topological polar surface area (TPSA) is 181 Å². The first-order chi connectivity index (χ1) is 15.7. The molecule has 33 heavy (non-hydrogen) atoms. The number of anilines is 1. The van der Waals surface area contributed by atoms with Gasteiger partial charge in [0.1, 0.15) is 24.1 Å². The molecule has 0 spiro atoms. The molecule has 0 amide bonds. The lowest BCUT2D eigenvalue weighted by Gasteiger charge is -2.41. The van der Waals surface area contributed by atoms with Crippen molar-refractivity contribution in [2.24, 2.45) is 0 Å². The lowest BCUT2D eigenvalue weighted by molar-refractivity contribution is -0.189. The number of hydrogen-bond acceptors (Lipinski definition) is 10. The third kappa shape index (κ3) is 4.15. The van der Waals surface area contributed by atoms with Gasteiger partial charge in [-0.3, -0.25) is 4.57 Å². The fourth-order valence-corrected chi connectivity index (χ4v) is 5.30. The van der Waals surface area contributed by atoms with Crippen LogP contribution in [0.25, 0.3) is 11.0 Å². The van der Waals surface area contributed by atoms with Gasteiger partial charge in [0.2, 0.25) is 10.6 Å². The number of ether oxygens (including phenoxy) is 3. The van der Waals surface area contributed by atoms with Gasteiger partial charge in [-0.1, -0.05) is 12.8 Å². The number of nitrogens with one attached hydrogen (secondary N) is 1. The van der Waals surface area contributed by atoms with Crippen molar-refractivity contribution in [3.63, 3.8) is 0 Å². The Morgan fingerprint density at radius 2 is 1.97 bits per heavy atom. The second-order valence-corrected chi connectivity index (χ2v) is 10.9. The molecule has 0 radical (unpaired) electrons. The Labute approximate surface area is 193 Å². The third-order valence-corrected chi connectivity index (χ3v) is 8.02. The van der Waals surface area contributed by atoms with E-state index in [9.17, 15) is 24.6 Å². The Bertz CT molecular complexity index is 1070. The second-order valence-electron chi connectivity index (χ2n) is 8.63. The molecule has 1 aliphatic carbocycles. The van der Waals surface area contributed by atoms with Gasteiger partial charge in [-0.25, -0.2) is 4.68 Å². The van der Waals surface area contributed by atoms with Crippen LogP contribution in [0, 0.1) is 0 Å². The van der Waals surface area contributed by atoms with Gasteiger partial charge in [-0.15, -0.1) is 0 Å². The zero-order valence-electron chi connectivity index (χ0n) is 17.4. The number of aliphatic hydroxyl groups is 2. The van der Waals surface area contributed by atoms with Crippen molar-refractivity contribution in [1.29, 1.82) is 0 Å². The molecule has 15 heteroatoms. The van der Waals surface area contributed by atoms with Crippen LogP contribution < -0.4 is 5.32 Å². The normalized spacial score (nSPS) is 30.1. The summed E-state index contributed by atoms with van der Waals surface area (Å²) in [6.45, 7) is -0.920. The van der Waals surface area contributed by atoms with Gasteiger partial charge in [-0.2, -0.15) is 15.1 Å². The molecule has 4 atom stereocenters. The molecule has 2 saturated heterocycles. The lowest BCUT2D eigenvalue weighted by atomic mass is 10.1. The molecule has 3 aliphatic rings. The molecule has 0 unspecified atom stereocenters. The fraction of sp³-hybridized carbons (Fsp3) is 0.722. The average Bonchev–Trinajstić information content (AvgIpc) is 3.42. The van der Waals surface area contributed by atoms with E-state index in [1.54, 1.807) is 0 Å². The van der Waals surface area contributed by atoms with Gasteiger partial charge >= 0.3 is 7.60 Å². The molecule has 0 aromatic carbocycles. The van der Waals surface area contributed by atoms with Crippen LogP contribution in [0.3, 0.4) is 0 Å². The molecule has 3 fully saturated rings. The summed E-state index contributed by atoms with van der Waals surface area (Å²) in [4.78, 5) is 27.6. The number of aromatic nitrogens is 4. The molecule has 2 aromatic heterocycles. The summed E-state index contributed by atoms with van der Waals surface area (Å²) >= 11 is 6.14. The lowest BCUT2D eigenvalue weighted by Crippen LogP contribution is -2.53. The van der Waals surface area contributed by atoms with E-state index < -0.39 is 37.5 Å². The van der Waals surface area contributed by atoms with Crippen LogP contribution in [-0.4, -0.2) is 89.3 Å². The molecule has 13 nitrogen and oxygen atoms in total. The van der Waals surface area contributed by atoms with Gasteiger partial charge in [-0.05, 0) is 24.4 Å². The summed E-state index contributed by atoms with van der Waals surface area (Å²) in [5.74, 6) is 0.532. The fourth-order valence-electron chi connectivity index (χ4n) is 4.38. The van der Waals surface area contributed by atoms with E-state index in [-0.39, 0.29) is 31.1 Å². The van der Waals surface area contributed by atoms with Gasteiger partial charge in [0.25, 0.3) is 0 Å². The molecule has 0 bridgehead atoms. The Balaban J connectivity index is 1.36. The number of rotatable bonds is 7. The highest BCUT2D eigenvalue weighted by Gasteiger charge is 2.56. The SMILES string of the molecule is O=P(O)(O)C1(OC[C@H]2O[C@@H](n3ncc4c(NC5CCCC5)nc(Cl)nc43)[C@H](O)[C@@H]2O)COC1. The van der Waals surface area contributed by atoms with E-state index in [0.29, 0.717) is 16.9 Å². The minimum atomic E-state index is -4.62. The first-order valence-electron chi connectivity index (χ1n) is 10.6. The van der Waals surface area contributed by atoms with Gasteiger partial charge < -0.3 is 39.5 Å².